The molecule has 0 spiro atoms. The van der Waals surface area contributed by atoms with Gasteiger partial charge in [0.2, 0.25) is 0 Å². The number of aliphatic hydroxyl groups excluding tert-OH is 1. The van der Waals surface area contributed by atoms with Crippen molar-refractivity contribution in [2.75, 3.05) is 5.75 Å². The van der Waals surface area contributed by atoms with E-state index in [1.807, 2.05) is 23.9 Å². The van der Waals surface area contributed by atoms with Crippen LogP contribution in [0.2, 0.25) is 0 Å². The molecule has 0 aliphatic heterocycles. The van der Waals surface area contributed by atoms with Gasteiger partial charge in [0.15, 0.2) is 0 Å². The third-order valence-corrected chi connectivity index (χ3v) is 5.63. The Labute approximate surface area is 161 Å². The first-order valence-electron chi connectivity index (χ1n) is 9.40. The Hall–Kier alpha value is -1.39. The lowest BCUT2D eigenvalue weighted by molar-refractivity contribution is 0.279. The Morgan fingerprint density at radius 3 is 2.08 bits per heavy atom. The number of aromatic nitrogens is 1. The summed E-state index contributed by atoms with van der Waals surface area (Å²) < 4.78 is 13.5. The first-order chi connectivity index (χ1) is 12.4. The predicted molar refractivity (Wildman–Crippen MR) is 110 cm³/mol. The molecule has 0 bridgehead atoms. The minimum atomic E-state index is -0.247. The van der Waals surface area contributed by atoms with Crippen LogP contribution in [0.3, 0.4) is 0 Å². The van der Waals surface area contributed by atoms with Crippen LogP contribution in [0.5, 0.6) is 0 Å². The molecule has 4 heteroatoms. The quantitative estimate of drug-likeness (QED) is 0.552. The summed E-state index contributed by atoms with van der Waals surface area (Å²) >= 11 is 1.89. The maximum Gasteiger partial charge on any atom is 0.123 e. The topological polar surface area (TPSA) is 33.1 Å². The molecule has 2 aromatic rings. The van der Waals surface area contributed by atoms with Gasteiger partial charge in [-0.05, 0) is 52.8 Å². The number of hydrogen-bond acceptors (Lipinski definition) is 3. The number of halogens is 1. The average molecular weight is 376 g/mol. The zero-order chi connectivity index (χ0) is 19.3. The van der Waals surface area contributed by atoms with Gasteiger partial charge >= 0.3 is 0 Å². The van der Waals surface area contributed by atoms with Gasteiger partial charge in [-0.15, -0.1) is 0 Å². The number of thioether (sulfide) groups is 1. The number of aliphatic hydroxyl groups is 1. The van der Waals surface area contributed by atoms with Gasteiger partial charge in [0.05, 0.1) is 6.61 Å². The van der Waals surface area contributed by atoms with Crippen LogP contribution in [0.25, 0.3) is 11.1 Å². The van der Waals surface area contributed by atoms with Crippen molar-refractivity contribution >= 4 is 11.8 Å². The smallest absolute Gasteiger partial charge is 0.123 e. The first kappa shape index (κ1) is 20.9. The van der Waals surface area contributed by atoms with Crippen molar-refractivity contribution < 1.29 is 9.50 Å². The number of rotatable bonds is 8. The van der Waals surface area contributed by atoms with E-state index in [1.165, 1.54) is 17.7 Å². The zero-order valence-electron chi connectivity index (χ0n) is 16.5. The number of pyridine rings is 1. The molecule has 0 fully saturated rings. The van der Waals surface area contributed by atoms with Crippen LogP contribution in [0.1, 0.15) is 75.4 Å². The van der Waals surface area contributed by atoms with Crippen molar-refractivity contribution in [3.05, 3.63) is 52.6 Å². The summed E-state index contributed by atoms with van der Waals surface area (Å²) in [7, 11) is 0. The van der Waals surface area contributed by atoms with Crippen LogP contribution in [0.4, 0.5) is 4.39 Å². The second-order valence-electron chi connectivity index (χ2n) is 7.24. The van der Waals surface area contributed by atoms with Gasteiger partial charge in [-0.25, -0.2) is 4.39 Å². The highest BCUT2D eigenvalue weighted by Crippen LogP contribution is 2.38. The van der Waals surface area contributed by atoms with E-state index in [0.717, 1.165) is 46.0 Å². The Morgan fingerprint density at radius 2 is 1.58 bits per heavy atom. The van der Waals surface area contributed by atoms with E-state index in [9.17, 15) is 9.50 Å². The monoisotopic (exact) mass is 375 g/mol. The fraction of sp³-hybridized carbons (Fsp3) is 0.500. The van der Waals surface area contributed by atoms with Gasteiger partial charge < -0.3 is 5.11 Å². The Morgan fingerprint density at radius 1 is 1.00 bits per heavy atom. The molecule has 1 aromatic carbocycles. The van der Waals surface area contributed by atoms with Crippen LogP contribution in [0.15, 0.2) is 24.3 Å². The van der Waals surface area contributed by atoms with E-state index in [1.54, 1.807) is 0 Å². The summed E-state index contributed by atoms with van der Waals surface area (Å²) in [4.78, 5) is 4.98. The molecule has 0 aliphatic rings. The molecule has 0 saturated carbocycles. The molecule has 0 unspecified atom stereocenters. The minimum absolute atomic E-state index is 0.0585. The maximum atomic E-state index is 13.5. The Balaban J connectivity index is 2.77. The fourth-order valence-corrected chi connectivity index (χ4v) is 4.18. The van der Waals surface area contributed by atoms with Crippen LogP contribution < -0.4 is 0 Å². The summed E-state index contributed by atoms with van der Waals surface area (Å²) in [5.74, 6) is 2.19. The molecule has 0 amide bonds. The summed E-state index contributed by atoms with van der Waals surface area (Å²) in [5.41, 5.74) is 6.09. The minimum Gasteiger partial charge on any atom is -0.392 e. The second-order valence-corrected chi connectivity index (χ2v) is 8.35. The van der Waals surface area contributed by atoms with Crippen LogP contribution in [0, 0.1) is 5.82 Å². The van der Waals surface area contributed by atoms with Crippen molar-refractivity contribution in [1.29, 1.82) is 0 Å². The van der Waals surface area contributed by atoms with Crippen molar-refractivity contribution in [1.82, 2.24) is 4.98 Å². The van der Waals surface area contributed by atoms with E-state index in [4.69, 9.17) is 4.98 Å². The molecule has 2 nitrogen and oxygen atoms in total. The van der Waals surface area contributed by atoms with Gasteiger partial charge in [-0.3, -0.25) is 4.98 Å². The summed E-state index contributed by atoms with van der Waals surface area (Å²) in [5, 5.41) is 10.2. The molecule has 1 N–H and O–H groups in total. The molecule has 1 heterocycles. The lowest BCUT2D eigenvalue weighted by atomic mass is 9.88. The lowest BCUT2D eigenvalue weighted by Crippen LogP contribution is -2.12. The van der Waals surface area contributed by atoms with E-state index >= 15 is 0 Å². The largest absolute Gasteiger partial charge is 0.392 e. The molecule has 0 radical (unpaired) electrons. The van der Waals surface area contributed by atoms with Gasteiger partial charge in [0.25, 0.3) is 0 Å². The van der Waals surface area contributed by atoms with Gasteiger partial charge in [-0.1, -0.05) is 46.8 Å². The number of benzene rings is 1. The Kier molecular flexibility index (Phi) is 7.66. The molecule has 0 atom stereocenters. The van der Waals surface area contributed by atoms with Crippen LogP contribution >= 0.6 is 11.8 Å². The molecule has 1 aromatic heterocycles. The van der Waals surface area contributed by atoms with Gasteiger partial charge in [0.1, 0.15) is 5.82 Å². The first-order valence-corrected chi connectivity index (χ1v) is 10.6. The Bertz CT molecular complexity index is 726. The van der Waals surface area contributed by atoms with E-state index in [0.29, 0.717) is 0 Å². The highest BCUT2D eigenvalue weighted by molar-refractivity contribution is 7.98. The van der Waals surface area contributed by atoms with Crippen molar-refractivity contribution in [2.45, 2.75) is 65.2 Å². The maximum absolute atomic E-state index is 13.5. The summed E-state index contributed by atoms with van der Waals surface area (Å²) in [6.45, 7) is 10.6. The SMILES string of the molecule is CCCSCc1c(C(C)C)nc(C(C)C)c(CO)c1-c1ccc(F)cc1. The third kappa shape index (κ3) is 4.66. The molecule has 26 heavy (non-hydrogen) atoms. The van der Waals surface area contributed by atoms with Gasteiger partial charge in [-0.2, -0.15) is 11.8 Å². The second kappa shape index (κ2) is 9.52. The van der Waals surface area contributed by atoms with Gasteiger partial charge in [0, 0.05) is 22.7 Å². The van der Waals surface area contributed by atoms with E-state index < -0.39 is 0 Å². The molecule has 0 aliphatic carbocycles. The van der Waals surface area contributed by atoms with Crippen LogP contribution in [-0.2, 0) is 12.4 Å². The van der Waals surface area contributed by atoms with Crippen molar-refractivity contribution in [3.8, 4) is 11.1 Å². The van der Waals surface area contributed by atoms with E-state index in [2.05, 4.69) is 34.6 Å². The third-order valence-electron chi connectivity index (χ3n) is 4.44. The average Bonchev–Trinajstić information content (AvgIpc) is 2.61. The normalized spacial score (nSPS) is 11.6. The molecule has 2 rings (SSSR count). The zero-order valence-corrected chi connectivity index (χ0v) is 17.3. The van der Waals surface area contributed by atoms with Crippen LogP contribution in [-0.4, -0.2) is 15.8 Å². The lowest BCUT2D eigenvalue weighted by Gasteiger charge is -2.24. The fourth-order valence-electron chi connectivity index (χ4n) is 3.25. The van der Waals surface area contributed by atoms with E-state index in [-0.39, 0.29) is 24.3 Å². The highest BCUT2D eigenvalue weighted by Gasteiger charge is 2.23. The predicted octanol–water partition coefficient (Wildman–Crippen LogP) is 6.27. The van der Waals surface area contributed by atoms with Crippen molar-refractivity contribution in [2.24, 2.45) is 0 Å². The summed E-state index contributed by atoms with van der Waals surface area (Å²) in [6, 6.07) is 6.60. The summed E-state index contributed by atoms with van der Waals surface area (Å²) in [6.07, 6.45) is 1.12. The number of nitrogens with zero attached hydrogens (tertiary/aromatic N) is 1. The standard InChI is InChI=1S/C22H30FNOS/c1-6-11-26-13-19-20(16-7-9-17(23)10-8-16)18(12-25)21(14(2)3)24-22(19)15(4)5/h7-10,14-15,25H,6,11-13H2,1-5H3. The molecular weight excluding hydrogens is 345 g/mol. The van der Waals surface area contributed by atoms with Crippen molar-refractivity contribution in [3.63, 3.8) is 0 Å². The molecule has 0 saturated heterocycles. The molecule has 142 valence electrons. The number of hydrogen-bond donors (Lipinski definition) is 1. The molecular formula is C22H30FNOS. The highest BCUT2D eigenvalue weighted by atomic mass is 32.2.